The first-order chi connectivity index (χ1) is 5.40. The lowest BCUT2D eigenvalue weighted by Gasteiger charge is -1.89. The Kier molecular flexibility index (Phi) is 0.719. The summed E-state index contributed by atoms with van der Waals surface area (Å²) in [6.45, 7) is 0. The van der Waals surface area contributed by atoms with Gasteiger partial charge in [0.1, 0.15) is 6.07 Å². The zero-order valence-corrected chi connectivity index (χ0v) is 5.96. The monoisotopic (exact) mass is 145 g/mol. The summed E-state index contributed by atoms with van der Waals surface area (Å²) >= 11 is 0. The van der Waals surface area contributed by atoms with E-state index < -0.39 is 0 Å². The van der Waals surface area contributed by atoms with E-state index in [9.17, 15) is 0 Å². The Morgan fingerprint density at radius 2 is 2.55 bits per heavy atom. The summed E-state index contributed by atoms with van der Waals surface area (Å²) in [4.78, 5) is 0. The van der Waals surface area contributed by atoms with E-state index >= 15 is 0 Å². The summed E-state index contributed by atoms with van der Waals surface area (Å²) in [7, 11) is 0. The van der Waals surface area contributed by atoms with Crippen LogP contribution in [0, 0.1) is 17.2 Å². The Labute approximate surface area is 64.0 Å². The molecule has 11 heavy (non-hydrogen) atoms. The van der Waals surface area contributed by atoms with Crippen LogP contribution in [0.5, 0.6) is 0 Å². The maximum Gasteiger partial charge on any atom is 0.165 e. The van der Waals surface area contributed by atoms with Gasteiger partial charge in [0.25, 0.3) is 0 Å². The van der Waals surface area contributed by atoms with Gasteiger partial charge < -0.3 is 0 Å². The van der Waals surface area contributed by atoms with Gasteiger partial charge in [-0.3, -0.25) is 5.10 Å². The second kappa shape index (κ2) is 1.48. The maximum absolute atomic E-state index is 8.69. The van der Waals surface area contributed by atoms with Crippen molar-refractivity contribution in [1.82, 2.24) is 10.2 Å². The average Bonchev–Trinajstić information content (AvgIpc) is 2.53. The number of rotatable bonds is 0. The number of H-pyrrole nitrogens is 1. The van der Waals surface area contributed by atoms with Gasteiger partial charge in [-0.25, -0.2) is 0 Å². The molecule has 0 bridgehead atoms. The summed E-state index contributed by atoms with van der Waals surface area (Å²) in [6.07, 6.45) is 2.40. The minimum absolute atomic E-state index is 0.630. The molecule has 2 aliphatic rings. The highest BCUT2D eigenvalue weighted by Crippen LogP contribution is 2.56. The molecule has 1 aromatic heterocycles. The molecule has 0 aliphatic heterocycles. The molecule has 1 fully saturated rings. The molecule has 1 aromatic rings. The van der Waals surface area contributed by atoms with Crippen LogP contribution >= 0.6 is 0 Å². The van der Waals surface area contributed by atoms with Crippen LogP contribution in [-0.4, -0.2) is 10.2 Å². The molecule has 0 spiro atoms. The van der Waals surface area contributed by atoms with Crippen molar-refractivity contribution in [3.8, 4) is 6.07 Å². The quantitative estimate of drug-likeness (QED) is 0.590. The van der Waals surface area contributed by atoms with E-state index in [1.165, 1.54) is 17.7 Å². The van der Waals surface area contributed by atoms with Gasteiger partial charge in [0.05, 0.1) is 0 Å². The van der Waals surface area contributed by atoms with Gasteiger partial charge in [0.2, 0.25) is 0 Å². The van der Waals surface area contributed by atoms with Crippen molar-refractivity contribution >= 4 is 0 Å². The van der Waals surface area contributed by atoms with Gasteiger partial charge in [-0.15, -0.1) is 0 Å². The second-order valence-electron chi connectivity index (χ2n) is 3.38. The van der Waals surface area contributed by atoms with Crippen LogP contribution in [-0.2, 0) is 6.42 Å². The third-order valence-electron chi connectivity index (χ3n) is 2.75. The zero-order valence-electron chi connectivity index (χ0n) is 5.96. The van der Waals surface area contributed by atoms with Gasteiger partial charge in [0, 0.05) is 11.3 Å². The first-order valence-corrected chi connectivity index (χ1v) is 3.87. The minimum Gasteiger partial charge on any atom is -0.281 e. The van der Waals surface area contributed by atoms with Crippen LogP contribution < -0.4 is 0 Å². The molecule has 0 amide bonds. The van der Waals surface area contributed by atoms with Gasteiger partial charge in [0.15, 0.2) is 5.69 Å². The van der Waals surface area contributed by atoms with E-state index in [-0.39, 0.29) is 0 Å². The summed E-state index contributed by atoms with van der Waals surface area (Å²) < 4.78 is 0. The zero-order chi connectivity index (χ0) is 7.42. The predicted molar refractivity (Wildman–Crippen MR) is 37.9 cm³/mol. The SMILES string of the molecule is N#Cc1n[nH]c2c1C1CC1C2. The van der Waals surface area contributed by atoms with Crippen molar-refractivity contribution in [3.63, 3.8) is 0 Å². The molecule has 54 valence electrons. The normalized spacial score (nSPS) is 30.8. The topological polar surface area (TPSA) is 52.5 Å². The predicted octanol–water partition coefficient (Wildman–Crippen LogP) is 0.941. The number of aromatic nitrogens is 2. The van der Waals surface area contributed by atoms with Crippen LogP contribution in [0.1, 0.15) is 29.3 Å². The first kappa shape index (κ1) is 5.36. The van der Waals surface area contributed by atoms with Crippen molar-refractivity contribution in [3.05, 3.63) is 17.0 Å². The molecule has 0 saturated heterocycles. The Balaban J connectivity index is 2.24. The Hall–Kier alpha value is -1.30. The maximum atomic E-state index is 8.69. The number of hydrogen-bond donors (Lipinski definition) is 1. The smallest absolute Gasteiger partial charge is 0.165 e. The second-order valence-corrected chi connectivity index (χ2v) is 3.38. The fourth-order valence-electron chi connectivity index (χ4n) is 2.12. The van der Waals surface area contributed by atoms with E-state index in [1.807, 2.05) is 0 Å². The fraction of sp³-hybridized carbons (Fsp3) is 0.500. The molecule has 1 heterocycles. The summed E-state index contributed by atoms with van der Waals surface area (Å²) in [5.41, 5.74) is 3.06. The Morgan fingerprint density at radius 3 is 3.36 bits per heavy atom. The summed E-state index contributed by atoms with van der Waals surface area (Å²) in [6, 6.07) is 2.12. The lowest BCUT2D eigenvalue weighted by molar-refractivity contribution is 0.814. The number of nitrogens with zero attached hydrogens (tertiary/aromatic N) is 2. The molecule has 0 radical (unpaired) electrons. The number of aromatic amines is 1. The molecule has 0 aromatic carbocycles. The lowest BCUT2D eigenvalue weighted by Crippen LogP contribution is -1.83. The first-order valence-electron chi connectivity index (χ1n) is 3.87. The highest BCUT2D eigenvalue weighted by Gasteiger charge is 2.48. The van der Waals surface area contributed by atoms with E-state index in [2.05, 4.69) is 16.3 Å². The molecule has 1 saturated carbocycles. The molecule has 3 heteroatoms. The molecule has 3 rings (SSSR count). The van der Waals surface area contributed by atoms with E-state index in [4.69, 9.17) is 5.26 Å². The highest BCUT2D eigenvalue weighted by atomic mass is 15.1. The molecule has 2 unspecified atom stereocenters. The molecule has 3 nitrogen and oxygen atoms in total. The number of nitrogens with one attached hydrogen (secondary N) is 1. The van der Waals surface area contributed by atoms with Gasteiger partial charge in [-0.2, -0.15) is 10.4 Å². The minimum atomic E-state index is 0.630. The van der Waals surface area contributed by atoms with Gasteiger partial charge in [-0.05, 0) is 24.7 Å². The van der Waals surface area contributed by atoms with E-state index in [1.54, 1.807) is 0 Å². The van der Waals surface area contributed by atoms with E-state index in [0.717, 1.165) is 12.3 Å². The van der Waals surface area contributed by atoms with Gasteiger partial charge >= 0.3 is 0 Å². The lowest BCUT2D eigenvalue weighted by atomic mass is 10.1. The van der Waals surface area contributed by atoms with Crippen molar-refractivity contribution in [2.45, 2.75) is 18.8 Å². The number of nitriles is 1. The highest BCUT2D eigenvalue weighted by molar-refractivity contribution is 5.45. The Bertz CT molecular complexity index is 358. The molecular weight excluding hydrogens is 138 g/mol. The summed E-state index contributed by atoms with van der Waals surface area (Å²) in [5.74, 6) is 1.52. The van der Waals surface area contributed by atoms with Crippen LogP contribution in [0.15, 0.2) is 0 Å². The van der Waals surface area contributed by atoms with Crippen molar-refractivity contribution < 1.29 is 0 Å². The van der Waals surface area contributed by atoms with Crippen LogP contribution in [0.4, 0.5) is 0 Å². The average molecular weight is 145 g/mol. The van der Waals surface area contributed by atoms with Crippen LogP contribution in [0.3, 0.4) is 0 Å². The number of fused-ring (bicyclic) bond motifs is 3. The van der Waals surface area contributed by atoms with Crippen molar-refractivity contribution in [2.75, 3.05) is 0 Å². The third-order valence-corrected chi connectivity index (χ3v) is 2.75. The third kappa shape index (κ3) is 0.509. The van der Waals surface area contributed by atoms with E-state index in [0.29, 0.717) is 11.6 Å². The standard InChI is InChI=1S/C8H7N3/c9-3-7-8-5-1-4(5)2-6(8)10-11-7/h4-5H,1-2H2,(H,10,11). The number of hydrogen-bond acceptors (Lipinski definition) is 2. The van der Waals surface area contributed by atoms with Crippen LogP contribution in [0.25, 0.3) is 0 Å². The summed E-state index contributed by atoms with van der Waals surface area (Å²) in [5, 5.41) is 15.6. The van der Waals surface area contributed by atoms with Crippen molar-refractivity contribution in [2.24, 2.45) is 5.92 Å². The van der Waals surface area contributed by atoms with Crippen LogP contribution in [0.2, 0.25) is 0 Å². The molecular formula is C8H7N3. The Morgan fingerprint density at radius 1 is 1.64 bits per heavy atom. The largest absolute Gasteiger partial charge is 0.281 e. The fourth-order valence-corrected chi connectivity index (χ4v) is 2.12. The molecule has 2 aliphatic carbocycles. The van der Waals surface area contributed by atoms with Gasteiger partial charge in [-0.1, -0.05) is 0 Å². The van der Waals surface area contributed by atoms with Crippen molar-refractivity contribution in [1.29, 1.82) is 5.26 Å². The molecule has 1 N–H and O–H groups in total. The molecule has 2 atom stereocenters.